The van der Waals surface area contributed by atoms with Crippen LogP contribution in [0.25, 0.3) is 0 Å². The molecule has 0 bridgehead atoms. The molecular formula is C10H13NO2. The Morgan fingerprint density at radius 1 is 1.54 bits per heavy atom. The zero-order chi connectivity index (χ0) is 10.0. The second-order valence-electron chi connectivity index (χ2n) is 3.13. The minimum Gasteiger partial charge on any atom is -0.508 e. The summed E-state index contributed by atoms with van der Waals surface area (Å²) in [7, 11) is 0. The second-order valence-corrected chi connectivity index (χ2v) is 3.13. The molecule has 0 aromatic heterocycles. The first-order valence-corrected chi connectivity index (χ1v) is 4.08. The molecule has 3 nitrogen and oxygen atoms in total. The molecule has 0 aliphatic carbocycles. The smallest absolute Gasteiger partial charge is 0.150 e. The number of benzene rings is 1. The van der Waals surface area contributed by atoms with Crippen molar-refractivity contribution in [1.29, 1.82) is 0 Å². The van der Waals surface area contributed by atoms with Gasteiger partial charge in [0.1, 0.15) is 5.75 Å². The summed E-state index contributed by atoms with van der Waals surface area (Å²) >= 11 is 0. The van der Waals surface area contributed by atoms with E-state index < -0.39 is 6.04 Å². The average molecular weight is 179 g/mol. The standard InChI is InChI=1S/C10H13NO2/c1-6-5-8(13)3-4-9(6)10(11)7(2)12/h3-5,10,13H,11H2,1-2H3. The van der Waals surface area contributed by atoms with Crippen molar-refractivity contribution in [3.63, 3.8) is 0 Å². The van der Waals surface area contributed by atoms with E-state index in [2.05, 4.69) is 0 Å². The van der Waals surface area contributed by atoms with Gasteiger partial charge in [0, 0.05) is 0 Å². The fourth-order valence-corrected chi connectivity index (χ4v) is 1.23. The molecule has 0 amide bonds. The number of phenols is 1. The lowest BCUT2D eigenvalue weighted by Crippen LogP contribution is -2.19. The summed E-state index contributed by atoms with van der Waals surface area (Å²) in [6, 6.07) is 4.22. The number of hydrogen-bond donors (Lipinski definition) is 2. The molecule has 70 valence electrons. The molecule has 1 aromatic rings. The molecule has 1 aromatic carbocycles. The molecule has 3 N–H and O–H groups in total. The van der Waals surface area contributed by atoms with Crippen molar-refractivity contribution in [2.75, 3.05) is 0 Å². The van der Waals surface area contributed by atoms with Crippen molar-refractivity contribution < 1.29 is 9.90 Å². The third-order valence-electron chi connectivity index (χ3n) is 2.03. The highest BCUT2D eigenvalue weighted by atomic mass is 16.3. The van der Waals surface area contributed by atoms with Gasteiger partial charge in [-0.2, -0.15) is 0 Å². The largest absolute Gasteiger partial charge is 0.508 e. The zero-order valence-corrected chi connectivity index (χ0v) is 7.74. The van der Waals surface area contributed by atoms with Gasteiger partial charge in [0.15, 0.2) is 5.78 Å². The zero-order valence-electron chi connectivity index (χ0n) is 7.74. The highest BCUT2D eigenvalue weighted by Gasteiger charge is 2.13. The number of hydrogen-bond acceptors (Lipinski definition) is 3. The summed E-state index contributed by atoms with van der Waals surface area (Å²) in [5, 5.41) is 9.13. The topological polar surface area (TPSA) is 63.3 Å². The number of phenolic OH excluding ortho intramolecular Hbond substituents is 1. The van der Waals surface area contributed by atoms with E-state index in [0.29, 0.717) is 0 Å². The minimum atomic E-state index is -0.583. The first kappa shape index (κ1) is 9.74. The number of ketones is 1. The fraction of sp³-hybridized carbons (Fsp3) is 0.300. The predicted octanol–water partition coefficient (Wildman–Crippen LogP) is 1.29. The Labute approximate surface area is 77.2 Å². The molecule has 0 saturated carbocycles. The molecule has 1 rings (SSSR count). The Morgan fingerprint density at radius 2 is 2.15 bits per heavy atom. The van der Waals surface area contributed by atoms with Gasteiger partial charge in [-0.15, -0.1) is 0 Å². The highest BCUT2D eigenvalue weighted by molar-refractivity contribution is 5.83. The maximum atomic E-state index is 11.0. The fourth-order valence-electron chi connectivity index (χ4n) is 1.23. The van der Waals surface area contributed by atoms with Crippen molar-refractivity contribution in [1.82, 2.24) is 0 Å². The van der Waals surface area contributed by atoms with Crippen molar-refractivity contribution in [2.24, 2.45) is 5.73 Å². The van der Waals surface area contributed by atoms with Crippen LogP contribution in [0.2, 0.25) is 0 Å². The summed E-state index contributed by atoms with van der Waals surface area (Å²) in [6.07, 6.45) is 0. The molecular weight excluding hydrogens is 166 g/mol. The van der Waals surface area contributed by atoms with E-state index in [0.717, 1.165) is 11.1 Å². The number of carbonyl (C=O) groups is 1. The molecule has 0 saturated heterocycles. The van der Waals surface area contributed by atoms with Crippen molar-refractivity contribution in [2.45, 2.75) is 19.9 Å². The minimum absolute atomic E-state index is 0.0752. The Hall–Kier alpha value is -1.35. The summed E-state index contributed by atoms with van der Waals surface area (Å²) < 4.78 is 0. The Morgan fingerprint density at radius 3 is 2.62 bits per heavy atom. The van der Waals surface area contributed by atoms with Gasteiger partial charge >= 0.3 is 0 Å². The van der Waals surface area contributed by atoms with E-state index in [1.165, 1.54) is 13.0 Å². The van der Waals surface area contributed by atoms with E-state index >= 15 is 0 Å². The SMILES string of the molecule is CC(=O)C(N)c1ccc(O)cc1C. The van der Waals surface area contributed by atoms with E-state index in [4.69, 9.17) is 10.8 Å². The lowest BCUT2D eigenvalue weighted by Gasteiger charge is -2.11. The maximum absolute atomic E-state index is 11.0. The normalized spacial score (nSPS) is 12.5. The van der Waals surface area contributed by atoms with Crippen LogP contribution in [0.4, 0.5) is 0 Å². The molecule has 0 heterocycles. The molecule has 0 fully saturated rings. The van der Waals surface area contributed by atoms with Crippen LogP contribution in [0.1, 0.15) is 24.1 Å². The van der Waals surface area contributed by atoms with Gasteiger partial charge in [-0.3, -0.25) is 4.79 Å². The summed E-state index contributed by atoms with van der Waals surface area (Å²) in [5.41, 5.74) is 7.26. The average Bonchev–Trinajstić information content (AvgIpc) is 2.03. The van der Waals surface area contributed by atoms with Crippen LogP contribution in [0.5, 0.6) is 5.75 Å². The number of Topliss-reactive ketones (excluding diaryl/α,β-unsaturated/α-hetero) is 1. The van der Waals surface area contributed by atoms with Crippen LogP contribution >= 0.6 is 0 Å². The van der Waals surface area contributed by atoms with E-state index in [-0.39, 0.29) is 11.5 Å². The van der Waals surface area contributed by atoms with Gasteiger partial charge in [0.2, 0.25) is 0 Å². The highest BCUT2D eigenvalue weighted by Crippen LogP contribution is 2.20. The molecule has 13 heavy (non-hydrogen) atoms. The lowest BCUT2D eigenvalue weighted by molar-refractivity contribution is -0.118. The van der Waals surface area contributed by atoms with Crippen LogP contribution in [-0.4, -0.2) is 10.9 Å². The van der Waals surface area contributed by atoms with Gasteiger partial charge in [-0.1, -0.05) is 6.07 Å². The van der Waals surface area contributed by atoms with Gasteiger partial charge in [-0.05, 0) is 37.1 Å². The monoisotopic (exact) mass is 179 g/mol. The Balaban J connectivity index is 3.08. The third-order valence-corrected chi connectivity index (χ3v) is 2.03. The van der Waals surface area contributed by atoms with Gasteiger partial charge in [0.05, 0.1) is 6.04 Å². The van der Waals surface area contributed by atoms with Crippen molar-refractivity contribution in [3.05, 3.63) is 29.3 Å². The van der Waals surface area contributed by atoms with Gasteiger partial charge in [-0.25, -0.2) is 0 Å². The van der Waals surface area contributed by atoms with E-state index in [1.807, 2.05) is 6.92 Å². The van der Waals surface area contributed by atoms with Crippen LogP contribution in [0, 0.1) is 6.92 Å². The van der Waals surface area contributed by atoms with Crippen molar-refractivity contribution >= 4 is 5.78 Å². The van der Waals surface area contributed by atoms with Crippen molar-refractivity contribution in [3.8, 4) is 5.75 Å². The quantitative estimate of drug-likeness (QED) is 0.719. The number of aromatic hydroxyl groups is 1. The number of rotatable bonds is 2. The number of nitrogens with two attached hydrogens (primary N) is 1. The molecule has 1 unspecified atom stereocenters. The number of carbonyl (C=O) groups excluding carboxylic acids is 1. The lowest BCUT2D eigenvalue weighted by atomic mass is 9.99. The van der Waals surface area contributed by atoms with Crippen LogP contribution in [0.15, 0.2) is 18.2 Å². The maximum Gasteiger partial charge on any atom is 0.150 e. The number of aryl methyl sites for hydroxylation is 1. The molecule has 0 radical (unpaired) electrons. The van der Waals surface area contributed by atoms with E-state index in [9.17, 15) is 4.79 Å². The summed E-state index contributed by atoms with van der Waals surface area (Å²) in [6.45, 7) is 3.27. The third kappa shape index (κ3) is 2.06. The molecule has 1 atom stereocenters. The Bertz CT molecular complexity index is 334. The van der Waals surface area contributed by atoms with Crippen LogP contribution in [-0.2, 0) is 4.79 Å². The summed E-state index contributed by atoms with van der Waals surface area (Å²) in [4.78, 5) is 11.0. The Kier molecular flexibility index (Phi) is 2.68. The van der Waals surface area contributed by atoms with Crippen LogP contribution < -0.4 is 5.73 Å². The first-order valence-electron chi connectivity index (χ1n) is 4.08. The summed E-state index contributed by atoms with van der Waals surface area (Å²) in [5.74, 6) is 0.116. The molecule has 0 aliphatic rings. The second kappa shape index (κ2) is 3.58. The first-order chi connectivity index (χ1) is 6.02. The predicted molar refractivity (Wildman–Crippen MR) is 50.5 cm³/mol. The van der Waals surface area contributed by atoms with Gasteiger partial charge < -0.3 is 10.8 Å². The van der Waals surface area contributed by atoms with Gasteiger partial charge in [0.25, 0.3) is 0 Å². The molecule has 3 heteroatoms. The molecule has 0 aliphatic heterocycles. The molecule has 0 spiro atoms. The van der Waals surface area contributed by atoms with Crippen LogP contribution in [0.3, 0.4) is 0 Å². The van der Waals surface area contributed by atoms with E-state index in [1.54, 1.807) is 12.1 Å².